The van der Waals surface area contributed by atoms with Crippen LogP contribution in [0, 0.1) is 0 Å². The fourth-order valence-electron chi connectivity index (χ4n) is 0.402. The molecule has 0 aliphatic rings. The van der Waals surface area contributed by atoms with Crippen LogP contribution in [0.5, 0.6) is 0 Å². The fraction of sp³-hybridized carbons (Fsp3) is 0.833. The maximum Gasteiger partial charge on any atom is 0.336 e. The first-order valence-corrected chi connectivity index (χ1v) is 4.08. The average Bonchev–Trinajstić information content (AvgIpc) is 2.05. The summed E-state index contributed by atoms with van der Waals surface area (Å²) in [5.41, 5.74) is 0. The molecule has 0 rings (SSSR count). The number of hydrogen-bond acceptors (Lipinski definition) is 6. The third kappa shape index (κ3) is 5.36. The lowest BCUT2D eigenvalue weighted by Gasteiger charge is -2.08. The minimum atomic E-state index is -0.662. The Balaban J connectivity index is 3.42. The summed E-state index contributed by atoms with van der Waals surface area (Å²) in [6.07, 6.45) is -0.662. The molecule has 0 fully saturated rings. The lowest BCUT2D eigenvalue weighted by atomic mass is 10.4. The molecule has 0 bridgehead atoms. The van der Waals surface area contributed by atoms with E-state index in [0.29, 0.717) is 18.9 Å². The molecule has 1 atom stereocenters. The second kappa shape index (κ2) is 7.35. The number of rotatable bonds is 6. The Hall–Kier alpha value is -0.300. The van der Waals surface area contributed by atoms with Gasteiger partial charge in [0.1, 0.15) is 0 Å². The van der Waals surface area contributed by atoms with Crippen LogP contribution in [0.1, 0.15) is 13.8 Å². The molecule has 72 valence electrons. The van der Waals surface area contributed by atoms with Crippen LogP contribution in [0.4, 0.5) is 0 Å². The topological polar surface area (TPSA) is 54.0 Å². The normalized spacial score (nSPS) is 12.6. The van der Waals surface area contributed by atoms with E-state index in [2.05, 4.69) is 14.0 Å². The van der Waals surface area contributed by atoms with Crippen LogP contribution in [-0.2, 0) is 22.9 Å². The summed E-state index contributed by atoms with van der Waals surface area (Å²) in [5, 5.41) is 0. The van der Waals surface area contributed by atoms with E-state index in [0.717, 1.165) is 0 Å². The Labute approximate surface area is 75.7 Å². The van der Waals surface area contributed by atoms with Crippen molar-refractivity contribution in [2.75, 3.05) is 13.7 Å². The van der Waals surface area contributed by atoms with Crippen molar-refractivity contribution in [3.05, 3.63) is 0 Å². The monoisotopic (exact) mass is 196 g/mol. The smallest absolute Gasteiger partial charge is 0.336 e. The minimum absolute atomic E-state index is 0.336. The minimum Gasteiger partial charge on any atom is -0.464 e. The molecule has 0 saturated carbocycles. The molecule has 0 aliphatic heterocycles. The van der Waals surface area contributed by atoms with E-state index in [1.807, 2.05) is 0 Å². The van der Waals surface area contributed by atoms with Crippen LogP contribution >= 0.6 is 12.3 Å². The molecule has 5 nitrogen and oxygen atoms in total. The summed E-state index contributed by atoms with van der Waals surface area (Å²) in [6.45, 7) is 3.62. The molecule has 0 N–H and O–H groups in total. The van der Waals surface area contributed by atoms with Gasteiger partial charge in [-0.25, -0.2) is 9.68 Å². The highest BCUT2D eigenvalue weighted by atomic mass is 32.2. The maximum atomic E-state index is 10.9. The van der Waals surface area contributed by atoms with Crippen LogP contribution in [0.15, 0.2) is 0 Å². The summed E-state index contributed by atoms with van der Waals surface area (Å²) in [6, 6.07) is 0. The molecule has 0 spiro atoms. The van der Waals surface area contributed by atoms with Crippen molar-refractivity contribution in [1.82, 2.24) is 0 Å². The second-order valence-corrected chi connectivity index (χ2v) is 2.26. The number of carbonyl (C=O) groups excluding carboxylic acids is 1. The van der Waals surface area contributed by atoms with Crippen molar-refractivity contribution in [3.63, 3.8) is 0 Å². The molecular weight excluding hydrogens is 184 g/mol. The molecule has 6 heteroatoms. The van der Waals surface area contributed by atoms with Crippen LogP contribution in [0.25, 0.3) is 0 Å². The highest BCUT2D eigenvalue weighted by Crippen LogP contribution is 2.09. The van der Waals surface area contributed by atoms with Gasteiger partial charge in [-0.15, -0.1) is 4.33 Å². The van der Waals surface area contributed by atoms with Crippen LogP contribution in [0.2, 0.25) is 0 Å². The van der Waals surface area contributed by atoms with Gasteiger partial charge < -0.3 is 4.74 Å². The number of hydrogen-bond donors (Lipinski definition) is 0. The molecule has 0 saturated heterocycles. The molecule has 0 aromatic carbocycles. The van der Waals surface area contributed by atoms with Gasteiger partial charge in [0, 0.05) is 0 Å². The van der Waals surface area contributed by atoms with E-state index in [4.69, 9.17) is 4.18 Å². The molecule has 12 heavy (non-hydrogen) atoms. The first kappa shape index (κ1) is 11.7. The zero-order chi connectivity index (χ0) is 9.40. The zero-order valence-corrected chi connectivity index (χ0v) is 8.05. The molecule has 0 aromatic heterocycles. The van der Waals surface area contributed by atoms with Crippen molar-refractivity contribution in [2.24, 2.45) is 0 Å². The van der Waals surface area contributed by atoms with Crippen molar-refractivity contribution in [1.29, 1.82) is 0 Å². The Kier molecular flexibility index (Phi) is 7.17. The summed E-state index contributed by atoms with van der Waals surface area (Å²) in [7, 11) is 1.34. The molecular formula is C6H12O5S. The van der Waals surface area contributed by atoms with Crippen LogP contribution < -0.4 is 0 Å². The average molecular weight is 196 g/mol. The predicted molar refractivity (Wildman–Crippen MR) is 42.9 cm³/mol. The standard InChI is InChI=1S/C6H12O5S/c1-4-9-6(7)5(2)10-12-11-8-3/h5H,4H2,1-3H3. The summed E-state index contributed by atoms with van der Waals surface area (Å²) >= 11 is 0.592. The first-order chi connectivity index (χ1) is 5.72. The van der Waals surface area contributed by atoms with E-state index in [-0.39, 0.29) is 0 Å². The van der Waals surface area contributed by atoms with E-state index in [9.17, 15) is 4.79 Å². The Bertz CT molecular complexity index is 129. The highest BCUT2D eigenvalue weighted by Gasteiger charge is 2.15. The van der Waals surface area contributed by atoms with Gasteiger partial charge in [0.2, 0.25) is 0 Å². The number of ether oxygens (including phenoxy) is 1. The fourth-order valence-corrected chi connectivity index (χ4v) is 0.686. The zero-order valence-electron chi connectivity index (χ0n) is 7.23. The predicted octanol–water partition coefficient (Wildman–Crippen LogP) is 1.10. The lowest BCUT2D eigenvalue weighted by molar-refractivity contribution is -0.170. The van der Waals surface area contributed by atoms with Crippen LogP contribution in [-0.4, -0.2) is 25.8 Å². The van der Waals surface area contributed by atoms with Gasteiger partial charge in [0.15, 0.2) is 18.4 Å². The summed E-state index contributed by atoms with van der Waals surface area (Å²) < 4.78 is 13.8. The Morgan fingerprint density at radius 3 is 2.75 bits per heavy atom. The lowest BCUT2D eigenvalue weighted by Crippen LogP contribution is -2.20. The first-order valence-electron chi connectivity index (χ1n) is 3.41. The largest absolute Gasteiger partial charge is 0.464 e. The molecule has 0 heterocycles. The summed E-state index contributed by atoms with van der Waals surface area (Å²) in [5.74, 6) is -0.426. The molecule has 0 amide bonds. The van der Waals surface area contributed by atoms with Gasteiger partial charge in [-0.1, -0.05) is 0 Å². The molecule has 1 unspecified atom stereocenters. The number of carbonyl (C=O) groups is 1. The maximum absolute atomic E-state index is 10.9. The highest BCUT2D eigenvalue weighted by molar-refractivity contribution is 7.89. The second-order valence-electron chi connectivity index (χ2n) is 1.79. The quantitative estimate of drug-likeness (QED) is 0.208. The van der Waals surface area contributed by atoms with Gasteiger partial charge in [-0.3, -0.25) is 4.18 Å². The van der Waals surface area contributed by atoms with Gasteiger partial charge >= 0.3 is 5.97 Å². The molecule has 0 aliphatic carbocycles. The Morgan fingerprint density at radius 2 is 2.25 bits per heavy atom. The Morgan fingerprint density at radius 1 is 1.58 bits per heavy atom. The van der Waals surface area contributed by atoms with E-state index >= 15 is 0 Å². The van der Waals surface area contributed by atoms with Crippen molar-refractivity contribution in [2.45, 2.75) is 20.0 Å². The van der Waals surface area contributed by atoms with Gasteiger partial charge in [0.05, 0.1) is 13.7 Å². The number of esters is 1. The van der Waals surface area contributed by atoms with Gasteiger partial charge in [-0.2, -0.15) is 0 Å². The van der Waals surface area contributed by atoms with Crippen molar-refractivity contribution in [3.8, 4) is 0 Å². The third-order valence-electron chi connectivity index (χ3n) is 0.898. The summed E-state index contributed by atoms with van der Waals surface area (Å²) in [4.78, 5) is 15.1. The van der Waals surface area contributed by atoms with Gasteiger partial charge in [0.25, 0.3) is 0 Å². The van der Waals surface area contributed by atoms with Crippen LogP contribution in [0.3, 0.4) is 0 Å². The van der Waals surface area contributed by atoms with E-state index in [1.54, 1.807) is 13.8 Å². The van der Waals surface area contributed by atoms with E-state index in [1.165, 1.54) is 7.11 Å². The van der Waals surface area contributed by atoms with Crippen molar-refractivity contribution >= 4 is 18.3 Å². The van der Waals surface area contributed by atoms with Gasteiger partial charge in [-0.05, 0) is 13.8 Å². The molecule has 0 aromatic rings. The van der Waals surface area contributed by atoms with Crippen molar-refractivity contribution < 1.29 is 22.9 Å². The van der Waals surface area contributed by atoms with E-state index < -0.39 is 12.1 Å². The SMILES string of the molecule is CCOC(=O)C(C)OSOOC. The molecule has 0 radical (unpaired) electrons. The third-order valence-corrected chi connectivity index (χ3v) is 1.46.